The molecule has 1 aliphatic heterocycles. The Hall–Kier alpha value is -3.15. The first-order valence-corrected chi connectivity index (χ1v) is 13.4. The van der Waals surface area contributed by atoms with Crippen molar-refractivity contribution in [1.29, 1.82) is 0 Å². The van der Waals surface area contributed by atoms with Crippen LogP contribution in [0, 0.1) is 6.92 Å². The molecule has 1 unspecified atom stereocenters. The zero-order chi connectivity index (χ0) is 25.7. The molecule has 1 atom stereocenters. The van der Waals surface area contributed by atoms with E-state index in [1.165, 1.54) is 6.42 Å². The van der Waals surface area contributed by atoms with Crippen molar-refractivity contribution >= 4 is 17.7 Å². The van der Waals surface area contributed by atoms with Crippen LogP contribution in [-0.4, -0.2) is 39.4 Å². The molecule has 36 heavy (non-hydrogen) atoms. The number of aliphatic imine (C=N–C) groups is 1. The molecule has 1 fully saturated rings. The summed E-state index contributed by atoms with van der Waals surface area (Å²) < 4.78 is 5.69. The van der Waals surface area contributed by atoms with Gasteiger partial charge in [-0.15, -0.1) is 0 Å². The lowest BCUT2D eigenvalue weighted by Crippen LogP contribution is -2.43. The fraction of sp³-hybridized carbons (Fsp3) is 0.500. The summed E-state index contributed by atoms with van der Waals surface area (Å²) in [5, 5.41) is 9.32. The van der Waals surface area contributed by atoms with Crippen LogP contribution < -0.4 is 4.74 Å². The third-order valence-electron chi connectivity index (χ3n) is 7.43. The Morgan fingerprint density at radius 3 is 2.58 bits per heavy atom. The van der Waals surface area contributed by atoms with Gasteiger partial charge in [0.2, 0.25) is 0 Å². The molecule has 1 saturated carbocycles. The summed E-state index contributed by atoms with van der Waals surface area (Å²) in [6.45, 7) is 6.58. The number of ether oxygens (including phenoxy) is 1. The first-order chi connectivity index (χ1) is 17.4. The van der Waals surface area contributed by atoms with Gasteiger partial charge in [-0.3, -0.25) is 14.7 Å². The third kappa shape index (κ3) is 5.48. The minimum absolute atomic E-state index is 0.184. The Bertz CT molecular complexity index is 1130. The Morgan fingerprint density at radius 1 is 1.14 bits per heavy atom. The Kier molecular flexibility index (Phi) is 8.12. The first kappa shape index (κ1) is 25.9. The Balaban J connectivity index is 1.54. The molecule has 2 aromatic carbocycles. The smallest absolute Gasteiger partial charge is 0.344 e. The molecule has 1 aliphatic carbocycles. The van der Waals surface area contributed by atoms with Crippen molar-refractivity contribution in [3.63, 3.8) is 0 Å². The number of rotatable bonds is 10. The molecule has 0 aromatic heterocycles. The minimum Gasteiger partial charge on any atom is -0.479 e. The molecule has 6 heteroatoms. The van der Waals surface area contributed by atoms with Gasteiger partial charge in [0.15, 0.2) is 6.10 Å². The number of aryl methyl sites for hydroxylation is 1. The summed E-state index contributed by atoms with van der Waals surface area (Å²) in [7, 11) is 0. The van der Waals surface area contributed by atoms with Crippen molar-refractivity contribution in [3.8, 4) is 16.9 Å². The fourth-order valence-corrected chi connectivity index (χ4v) is 5.41. The summed E-state index contributed by atoms with van der Waals surface area (Å²) in [4.78, 5) is 32.0. The van der Waals surface area contributed by atoms with E-state index in [0.29, 0.717) is 18.7 Å². The summed E-state index contributed by atoms with van der Waals surface area (Å²) in [5.74, 6) is 0.724. The van der Waals surface area contributed by atoms with Crippen LogP contribution >= 0.6 is 0 Å². The van der Waals surface area contributed by atoms with Gasteiger partial charge in [-0.05, 0) is 67.0 Å². The van der Waals surface area contributed by atoms with Gasteiger partial charge in [0.1, 0.15) is 17.1 Å². The number of nitrogens with zero attached hydrogens (tertiary/aromatic N) is 2. The molecule has 0 saturated heterocycles. The van der Waals surface area contributed by atoms with Gasteiger partial charge in [0.25, 0.3) is 5.91 Å². The van der Waals surface area contributed by atoms with Gasteiger partial charge in [0.05, 0.1) is 6.54 Å². The SMILES string of the molecule is CCCCC1=NC2(CCCCC2)C(=O)N1Cc1ccc(-c2cccc(OC(CC)C(=O)O)c2)c(C)c1. The molecule has 1 amide bonds. The van der Waals surface area contributed by atoms with E-state index in [1.807, 2.05) is 23.1 Å². The average Bonchev–Trinajstić information content (AvgIpc) is 3.11. The average molecular weight is 491 g/mol. The lowest BCUT2D eigenvalue weighted by molar-refractivity contribution is -0.145. The van der Waals surface area contributed by atoms with Gasteiger partial charge in [-0.1, -0.05) is 69.9 Å². The monoisotopic (exact) mass is 490 g/mol. The van der Waals surface area contributed by atoms with Crippen LogP contribution in [0.15, 0.2) is 47.5 Å². The lowest BCUT2D eigenvalue weighted by Gasteiger charge is -2.29. The molecule has 1 N–H and O–H groups in total. The van der Waals surface area contributed by atoms with Crippen LogP contribution in [0.2, 0.25) is 0 Å². The van der Waals surface area contributed by atoms with Gasteiger partial charge in [-0.2, -0.15) is 0 Å². The second-order valence-electron chi connectivity index (χ2n) is 10.1. The largest absolute Gasteiger partial charge is 0.479 e. The maximum Gasteiger partial charge on any atom is 0.344 e. The quantitative estimate of drug-likeness (QED) is 0.410. The zero-order valence-electron chi connectivity index (χ0n) is 21.8. The van der Waals surface area contributed by atoms with Gasteiger partial charge >= 0.3 is 5.97 Å². The number of carboxylic acids is 1. The highest BCUT2D eigenvalue weighted by Gasteiger charge is 2.48. The fourth-order valence-electron chi connectivity index (χ4n) is 5.41. The number of unbranched alkanes of at least 4 members (excludes halogenated alkanes) is 1. The number of carboxylic acid groups (broad SMARTS) is 1. The predicted octanol–water partition coefficient (Wildman–Crippen LogP) is 6.54. The second-order valence-corrected chi connectivity index (χ2v) is 10.1. The first-order valence-electron chi connectivity index (χ1n) is 13.4. The molecule has 0 radical (unpaired) electrons. The normalized spacial score (nSPS) is 17.8. The minimum atomic E-state index is -0.961. The van der Waals surface area contributed by atoms with Crippen LogP contribution in [0.3, 0.4) is 0 Å². The van der Waals surface area contributed by atoms with Gasteiger partial charge in [0, 0.05) is 6.42 Å². The van der Waals surface area contributed by atoms with Crippen molar-refractivity contribution < 1.29 is 19.4 Å². The summed E-state index contributed by atoms with van der Waals surface area (Å²) in [5.41, 5.74) is 3.69. The maximum absolute atomic E-state index is 13.6. The van der Waals surface area contributed by atoms with E-state index in [9.17, 15) is 14.7 Å². The van der Waals surface area contributed by atoms with Crippen molar-refractivity contribution in [3.05, 3.63) is 53.6 Å². The standard InChI is InChI=1S/C30H38N2O4/c1-4-6-13-27-31-30(16-8-7-9-17-30)29(35)32(27)20-22-14-15-25(21(3)18-22)23-11-10-12-24(19-23)36-26(5-2)28(33)34/h10-12,14-15,18-19,26H,4-9,13,16-17,20H2,1-3H3,(H,33,34). The lowest BCUT2D eigenvalue weighted by atomic mass is 9.82. The number of benzene rings is 2. The van der Waals surface area contributed by atoms with Gasteiger partial charge in [-0.25, -0.2) is 4.79 Å². The number of hydrogen-bond acceptors (Lipinski definition) is 4. The van der Waals surface area contributed by atoms with E-state index in [1.54, 1.807) is 13.0 Å². The predicted molar refractivity (Wildman–Crippen MR) is 142 cm³/mol. The molecular weight excluding hydrogens is 452 g/mol. The van der Waals surface area contributed by atoms with Crippen molar-refractivity contribution in [2.24, 2.45) is 4.99 Å². The number of carbonyl (C=O) groups is 2. The summed E-state index contributed by atoms with van der Waals surface area (Å²) >= 11 is 0. The zero-order valence-corrected chi connectivity index (χ0v) is 21.8. The topological polar surface area (TPSA) is 79.2 Å². The van der Waals surface area contributed by atoms with Crippen LogP contribution in [-0.2, 0) is 16.1 Å². The van der Waals surface area contributed by atoms with Crippen LogP contribution in [0.1, 0.15) is 82.8 Å². The molecule has 1 spiro atoms. The van der Waals surface area contributed by atoms with Crippen LogP contribution in [0.25, 0.3) is 11.1 Å². The van der Waals surface area contributed by atoms with Crippen LogP contribution in [0.5, 0.6) is 5.75 Å². The number of carbonyl (C=O) groups excluding carboxylic acids is 1. The van der Waals surface area contributed by atoms with E-state index in [4.69, 9.17) is 9.73 Å². The molecule has 4 rings (SSSR count). The third-order valence-corrected chi connectivity index (χ3v) is 7.43. The second kappa shape index (κ2) is 11.3. The van der Waals surface area contributed by atoms with Crippen molar-refractivity contribution in [1.82, 2.24) is 4.90 Å². The Labute approximate surface area is 214 Å². The molecular formula is C30H38N2O4. The molecule has 1 heterocycles. The molecule has 2 aromatic rings. The van der Waals surface area contributed by atoms with E-state index in [2.05, 4.69) is 32.0 Å². The van der Waals surface area contributed by atoms with Crippen molar-refractivity contribution in [2.75, 3.05) is 0 Å². The molecule has 0 bridgehead atoms. The number of aliphatic carboxylic acids is 1. The van der Waals surface area contributed by atoms with E-state index in [-0.39, 0.29) is 5.91 Å². The van der Waals surface area contributed by atoms with E-state index < -0.39 is 17.6 Å². The maximum atomic E-state index is 13.6. The Morgan fingerprint density at radius 2 is 1.92 bits per heavy atom. The van der Waals surface area contributed by atoms with E-state index in [0.717, 1.165) is 73.0 Å². The number of amides is 1. The number of amidine groups is 1. The van der Waals surface area contributed by atoms with E-state index >= 15 is 0 Å². The highest BCUT2D eigenvalue weighted by Crippen LogP contribution is 2.39. The summed E-state index contributed by atoms with van der Waals surface area (Å²) in [6, 6.07) is 13.9. The highest BCUT2D eigenvalue weighted by molar-refractivity contribution is 6.08. The van der Waals surface area contributed by atoms with Crippen LogP contribution in [0.4, 0.5) is 0 Å². The summed E-state index contributed by atoms with van der Waals surface area (Å²) in [6.07, 6.45) is 7.58. The molecule has 6 nitrogen and oxygen atoms in total. The van der Waals surface area contributed by atoms with Gasteiger partial charge < -0.3 is 9.84 Å². The van der Waals surface area contributed by atoms with Crippen molar-refractivity contribution in [2.45, 2.75) is 96.7 Å². The number of hydrogen-bond donors (Lipinski definition) is 1. The molecule has 192 valence electrons. The highest BCUT2D eigenvalue weighted by atomic mass is 16.5. The molecule has 2 aliphatic rings.